The van der Waals surface area contributed by atoms with E-state index in [1.165, 1.54) is 0 Å². The van der Waals surface area contributed by atoms with Gasteiger partial charge in [0.25, 0.3) is 5.91 Å². The molecule has 1 aliphatic heterocycles. The Morgan fingerprint density at radius 2 is 1.76 bits per heavy atom. The first kappa shape index (κ1) is 17.9. The molecule has 1 saturated carbocycles. The second kappa shape index (κ2) is 6.99. The lowest BCUT2D eigenvalue weighted by molar-refractivity contribution is -0.120. The van der Waals surface area contributed by atoms with Gasteiger partial charge in [-0.1, -0.05) is 36.4 Å². The summed E-state index contributed by atoms with van der Waals surface area (Å²) in [4.78, 5) is 34.7. The van der Waals surface area contributed by atoms with Gasteiger partial charge in [0.05, 0.1) is 11.1 Å². The van der Waals surface area contributed by atoms with E-state index in [2.05, 4.69) is 0 Å². The van der Waals surface area contributed by atoms with E-state index in [0.717, 1.165) is 35.1 Å². The van der Waals surface area contributed by atoms with Crippen molar-refractivity contribution in [2.45, 2.75) is 31.2 Å². The fourth-order valence-corrected chi connectivity index (χ4v) is 4.18. The Hall–Kier alpha value is -3.21. The number of likely N-dealkylation sites (N-methyl/N-ethyl adjacent to an activating group) is 1. The molecule has 5 rings (SSSR count). The van der Waals surface area contributed by atoms with Crippen LogP contribution in [0.15, 0.2) is 60.7 Å². The molecule has 1 aromatic heterocycles. The van der Waals surface area contributed by atoms with Crippen molar-refractivity contribution in [3.63, 3.8) is 0 Å². The molecule has 1 saturated heterocycles. The Morgan fingerprint density at radius 3 is 2.52 bits per heavy atom. The van der Waals surface area contributed by atoms with Crippen molar-refractivity contribution in [3.8, 4) is 0 Å². The Kier molecular flexibility index (Phi) is 4.31. The Bertz CT molecular complexity index is 1090. The van der Waals surface area contributed by atoms with Gasteiger partial charge < -0.3 is 9.80 Å². The van der Waals surface area contributed by atoms with Crippen molar-refractivity contribution in [3.05, 3.63) is 71.9 Å². The molecular formula is C24H23N3O2. The van der Waals surface area contributed by atoms with E-state index < -0.39 is 6.04 Å². The third-order valence-corrected chi connectivity index (χ3v) is 5.99. The van der Waals surface area contributed by atoms with Gasteiger partial charge in [0, 0.05) is 36.3 Å². The molecule has 0 N–H and O–H groups in total. The number of anilines is 1. The third kappa shape index (κ3) is 3.16. The zero-order valence-corrected chi connectivity index (χ0v) is 16.4. The highest BCUT2D eigenvalue weighted by Gasteiger charge is 2.38. The molecule has 1 aliphatic carbocycles. The van der Waals surface area contributed by atoms with Crippen LogP contribution in [0.3, 0.4) is 0 Å². The molecule has 146 valence electrons. The summed E-state index contributed by atoms with van der Waals surface area (Å²) < 4.78 is 0. The van der Waals surface area contributed by atoms with Crippen LogP contribution in [0.25, 0.3) is 10.9 Å². The minimum absolute atomic E-state index is 0.0205. The van der Waals surface area contributed by atoms with Crippen LogP contribution >= 0.6 is 0 Å². The van der Waals surface area contributed by atoms with Crippen molar-refractivity contribution >= 4 is 28.4 Å². The van der Waals surface area contributed by atoms with E-state index in [1.54, 1.807) is 16.8 Å². The van der Waals surface area contributed by atoms with Crippen molar-refractivity contribution in [2.24, 2.45) is 0 Å². The van der Waals surface area contributed by atoms with Gasteiger partial charge in [-0.2, -0.15) is 0 Å². The topological polar surface area (TPSA) is 53.5 Å². The van der Waals surface area contributed by atoms with Crippen molar-refractivity contribution in [2.75, 3.05) is 18.5 Å². The minimum Gasteiger partial charge on any atom is -0.330 e. The lowest BCUT2D eigenvalue weighted by atomic mass is 10.0. The van der Waals surface area contributed by atoms with E-state index >= 15 is 0 Å². The van der Waals surface area contributed by atoms with Crippen LogP contribution in [0.5, 0.6) is 0 Å². The molecule has 5 nitrogen and oxygen atoms in total. The molecule has 2 aromatic carbocycles. The second-order valence-electron chi connectivity index (χ2n) is 7.93. The maximum Gasteiger partial charge on any atom is 0.255 e. The predicted molar refractivity (Wildman–Crippen MR) is 113 cm³/mol. The number of fused-ring (bicyclic) bond motifs is 1. The zero-order valence-electron chi connectivity index (χ0n) is 16.4. The number of hydrogen-bond acceptors (Lipinski definition) is 3. The Balaban J connectivity index is 1.46. The van der Waals surface area contributed by atoms with Crippen molar-refractivity contribution in [1.29, 1.82) is 0 Å². The first-order valence-electron chi connectivity index (χ1n) is 10.2. The number of benzene rings is 2. The van der Waals surface area contributed by atoms with E-state index in [1.807, 2.05) is 60.7 Å². The van der Waals surface area contributed by atoms with Crippen LogP contribution in [0.4, 0.5) is 5.69 Å². The van der Waals surface area contributed by atoms with E-state index in [-0.39, 0.29) is 11.8 Å². The van der Waals surface area contributed by atoms with Gasteiger partial charge in [-0.3, -0.25) is 14.6 Å². The molecule has 0 bridgehead atoms. The monoisotopic (exact) mass is 385 g/mol. The van der Waals surface area contributed by atoms with Crippen LogP contribution in [0.1, 0.15) is 41.2 Å². The third-order valence-electron chi connectivity index (χ3n) is 5.99. The molecule has 5 heteroatoms. The largest absolute Gasteiger partial charge is 0.330 e. The summed E-state index contributed by atoms with van der Waals surface area (Å²) in [6.07, 6.45) is 2.89. The number of rotatable bonds is 4. The summed E-state index contributed by atoms with van der Waals surface area (Å²) in [5.74, 6) is 0.324. The number of para-hydroxylation sites is 2. The molecule has 29 heavy (non-hydrogen) atoms. The molecule has 2 amide bonds. The summed E-state index contributed by atoms with van der Waals surface area (Å²) in [6.45, 7) is 0.621. The summed E-state index contributed by atoms with van der Waals surface area (Å²) in [5, 5.41) is 0.846. The van der Waals surface area contributed by atoms with Crippen LogP contribution in [0, 0.1) is 0 Å². The average molecular weight is 385 g/mol. The molecule has 2 fully saturated rings. The smallest absolute Gasteiger partial charge is 0.255 e. The molecule has 3 aromatic rings. The zero-order chi connectivity index (χ0) is 20.0. The van der Waals surface area contributed by atoms with Crippen LogP contribution < -0.4 is 4.90 Å². The van der Waals surface area contributed by atoms with Crippen LogP contribution in [0.2, 0.25) is 0 Å². The second-order valence-corrected chi connectivity index (χ2v) is 7.93. The van der Waals surface area contributed by atoms with Gasteiger partial charge in [0.15, 0.2) is 0 Å². The van der Waals surface area contributed by atoms with E-state index in [0.29, 0.717) is 24.4 Å². The fraction of sp³-hybridized carbons (Fsp3) is 0.292. The quantitative estimate of drug-likeness (QED) is 0.682. The highest BCUT2D eigenvalue weighted by atomic mass is 16.2. The number of aromatic nitrogens is 1. The standard InChI is InChI=1S/C24H23N3O2/c1-26(22-13-14-27(24(22)29)17-7-3-2-4-8-17)23(28)19-15-21(16-11-12-16)25-20-10-6-5-9-18(19)20/h2-10,15-16,22H,11-14H2,1H3. The van der Waals surface area contributed by atoms with E-state index in [9.17, 15) is 9.59 Å². The Morgan fingerprint density at radius 1 is 1.03 bits per heavy atom. The number of pyridine rings is 1. The maximum atomic E-state index is 13.5. The van der Waals surface area contributed by atoms with Gasteiger partial charge in [-0.15, -0.1) is 0 Å². The molecule has 2 aliphatic rings. The van der Waals surface area contributed by atoms with Crippen molar-refractivity contribution in [1.82, 2.24) is 9.88 Å². The summed E-state index contributed by atoms with van der Waals surface area (Å²) in [5.41, 5.74) is 3.36. The normalized spacial score (nSPS) is 19.0. The van der Waals surface area contributed by atoms with Crippen LogP contribution in [-0.2, 0) is 4.79 Å². The molecule has 0 radical (unpaired) electrons. The SMILES string of the molecule is CN(C(=O)c1cc(C2CC2)nc2ccccc12)C1CCN(c2ccccc2)C1=O. The van der Waals surface area contributed by atoms with Gasteiger partial charge in [-0.05, 0) is 43.5 Å². The molecule has 0 spiro atoms. The molecular weight excluding hydrogens is 362 g/mol. The summed E-state index contributed by atoms with van der Waals surface area (Å²) in [7, 11) is 1.74. The van der Waals surface area contributed by atoms with E-state index in [4.69, 9.17) is 4.98 Å². The molecule has 1 atom stereocenters. The summed E-state index contributed by atoms with van der Waals surface area (Å²) in [6, 6.07) is 18.9. The number of hydrogen-bond donors (Lipinski definition) is 0. The maximum absolute atomic E-state index is 13.5. The first-order chi connectivity index (χ1) is 14.1. The van der Waals surface area contributed by atoms with Gasteiger partial charge >= 0.3 is 0 Å². The highest BCUT2D eigenvalue weighted by molar-refractivity contribution is 6.09. The van der Waals surface area contributed by atoms with Crippen LogP contribution in [-0.4, -0.2) is 41.3 Å². The highest BCUT2D eigenvalue weighted by Crippen LogP contribution is 2.40. The Labute approximate surface area is 170 Å². The minimum atomic E-state index is -0.445. The first-order valence-corrected chi connectivity index (χ1v) is 10.2. The lowest BCUT2D eigenvalue weighted by Crippen LogP contribution is -2.43. The number of carbonyl (C=O) groups excluding carboxylic acids is 2. The number of carbonyl (C=O) groups is 2. The van der Waals surface area contributed by atoms with Gasteiger partial charge in [-0.25, -0.2) is 0 Å². The molecule has 2 heterocycles. The fourth-order valence-electron chi connectivity index (χ4n) is 4.18. The predicted octanol–water partition coefficient (Wildman–Crippen LogP) is 3.99. The van der Waals surface area contributed by atoms with Crippen molar-refractivity contribution < 1.29 is 9.59 Å². The number of nitrogens with zero attached hydrogens (tertiary/aromatic N) is 3. The molecule has 1 unspecified atom stereocenters. The number of amides is 2. The van der Waals surface area contributed by atoms with Gasteiger partial charge in [0.1, 0.15) is 6.04 Å². The average Bonchev–Trinajstić information content (AvgIpc) is 3.54. The lowest BCUT2D eigenvalue weighted by Gasteiger charge is -2.25. The van der Waals surface area contributed by atoms with Gasteiger partial charge in [0.2, 0.25) is 5.91 Å². The summed E-state index contributed by atoms with van der Waals surface area (Å²) >= 11 is 0.